The maximum atomic E-state index is 12.5. The number of unbranched alkanes of at least 4 members (excludes halogenated alkanes) is 25. The molecule has 0 heterocycles. The van der Waals surface area contributed by atoms with Crippen LogP contribution in [0.15, 0.2) is 12.2 Å². The fourth-order valence-electron chi connectivity index (χ4n) is 5.87. The third-order valence-electron chi connectivity index (χ3n) is 8.93. The van der Waals surface area contributed by atoms with Crippen molar-refractivity contribution in [3.05, 3.63) is 12.2 Å². The second kappa shape index (κ2) is 38.5. The number of rotatable bonds is 40. The Morgan fingerprint density at radius 3 is 1.49 bits per heavy atom. The van der Waals surface area contributed by atoms with Crippen molar-refractivity contribution in [2.24, 2.45) is 5.73 Å². The van der Waals surface area contributed by atoms with Crippen molar-refractivity contribution in [1.29, 1.82) is 0 Å². The topological polar surface area (TPSA) is 117 Å². The summed E-state index contributed by atoms with van der Waals surface area (Å²) in [5.41, 5.74) is 5.36. The zero-order valence-corrected chi connectivity index (χ0v) is 33.1. The molecule has 0 saturated carbocycles. The number of phosphoric acid groups is 1. The second-order valence-corrected chi connectivity index (χ2v) is 15.3. The normalized spacial score (nSPS) is 13.6. The molecule has 0 rings (SSSR count). The minimum absolute atomic E-state index is 0.0929. The summed E-state index contributed by atoms with van der Waals surface area (Å²) < 4.78 is 33.3. The van der Waals surface area contributed by atoms with Gasteiger partial charge in [-0.25, -0.2) is 4.57 Å². The molecule has 292 valence electrons. The Bertz CT molecular complexity index is 767. The van der Waals surface area contributed by atoms with Crippen molar-refractivity contribution in [3.63, 3.8) is 0 Å². The molecule has 3 N–H and O–H groups in total. The van der Waals surface area contributed by atoms with Gasteiger partial charge in [0.25, 0.3) is 0 Å². The molecule has 2 atom stereocenters. The highest BCUT2D eigenvalue weighted by Crippen LogP contribution is 2.43. The van der Waals surface area contributed by atoms with Crippen LogP contribution in [0.4, 0.5) is 0 Å². The van der Waals surface area contributed by atoms with E-state index in [1.54, 1.807) is 0 Å². The number of hydrogen-bond acceptors (Lipinski definition) is 7. The number of ether oxygens (including phenoxy) is 2. The Balaban J connectivity index is 3.98. The first-order chi connectivity index (χ1) is 23.9. The van der Waals surface area contributed by atoms with Crippen LogP contribution in [-0.4, -0.2) is 49.9 Å². The molecule has 2 unspecified atom stereocenters. The van der Waals surface area contributed by atoms with E-state index in [9.17, 15) is 14.3 Å². The van der Waals surface area contributed by atoms with Gasteiger partial charge in [0, 0.05) is 19.6 Å². The van der Waals surface area contributed by atoms with Gasteiger partial charge in [-0.3, -0.25) is 13.8 Å². The number of carbonyl (C=O) groups excluding carboxylic acids is 1. The first-order valence-corrected chi connectivity index (χ1v) is 22.2. The van der Waals surface area contributed by atoms with Crippen LogP contribution in [0.5, 0.6) is 0 Å². The van der Waals surface area contributed by atoms with E-state index in [0.29, 0.717) is 13.0 Å². The van der Waals surface area contributed by atoms with E-state index in [0.717, 1.165) is 32.1 Å². The Morgan fingerprint density at radius 1 is 0.592 bits per heavy atom. The highest BCUT2D eigenvalue weighted by atomic mass is 31.2. The van der Waals surface area contributed by atoms with Crippen molar-refractivity contribution >= 4 is 13.8 Å². The molecule has 49 heavy (non-hydrogen) atoms. The number of carbonyl (C=O) groups is 1. The summed E-state index contributed by atoms with van der Waals surface area (Å²) in [4.78, 5) is 22.4. The number of nitrogens with two attached hydrogens (primary N) is 1. The largest absolute Gasteiger partial charge is 0.472 e. The lowest BCUT2D eigenvalue weighted by molar-refractivity contribution is -0.154. The van der Waals surface area contributed by atoms with Gasteiger partial charge < -0.3 is 20.1 Å². The van der Waals surface area contributed by atoms with Crippen molar-refractivity contribution < 1.29 is 32.8 Å². The highest BCUT2D eigenvalue weighted by molar-refractivity contribution is 7.47. The van der Waals surface area contributed by atoms with Crippen LogP contribution in [-0.2, 0) is 27.9 Å². The highest BCUT2D eigenvalue weighted by Gasteiger charge is 2.25. The molecule has 0 aromatic heterocycles. The van der Waals surface area contributed by atoms with Crippen LogP contribution in [0.3, 0.4) is 0 Å². The van der Waals surface area contributed by atoms with E-state index >= 15 is 0 Å². The quantitative estimate of drug-likeness (QED) is 0.0278. The molecule has 9 heteroatoms. The summed E-state index contributed by atoms with van der Waals surface area (Å²) in [5, 5.41) is 0. The Kier molecular flexibility index (Phi) is 37.9. The SMILES string of the molecule is CCCCCCCCC/C=C\CCCCCCCCCCOCC(COP(=O)(O)OCCN)OC(=O)CCCCCCCCCCCCC. The average molecular weight is 718 g/mol. The van der Waals surface area contributed by atoms with Gasteiger partial charge in [0.2, 0.25) is 0 Å². The zero-order chi connectivity index (χ0) is 35.9. The van der Waals surface area contributed by atoms with Gasteiger partial charge in [0.1, 0.15) is 6.10 Å². The number of hydrogen-bond donors (Lipinski definition) is 2. The first-order valence-electron chi connectivity index (χ1n) is 20.7. The summed E-state index contributed by atoms with van der Waals surface area (Å²) in [6.07, 6.45) is 39.4. The number of allylic oxidation sites excluding steroid dienone is 2. The summed E-state index contributed by atoms with van der Waals surface area (Å²) in [7, 11) is -4.27. The summed E-state index contributed by atoms with van der Waals surface area (Å²) in [6.45, 7) is 4.93. The van der Waals surface area contributed by atoms with Gasteiger partial charge in [-0.1, -0.05) is 167 Å². The van der Waals surface area contributed by atoms with Crippen LogP contribution < -0.4 is 5.73 Å². The van der Waals surface area contributed by atoms with Crippen molar-refractivity contribution in [2.45, 2.75) is 206 Å². The molecule has 0 amide bonds. The molecule has 0 aliphatic carbocycles. The maximum Gasteiger partial charge on any atom is 0.472 e. The Labute approximate surface area is 303 Å². The molecular formula is C40H80NO7P. The number of phosphoric ester groups is 1. The van der Waals surface area contributed by atoms with Crippen LogP contribution in [0.25, 0.3) is 0 Å². The predicted octanol–water partition coefficient (Wildman–Crippen LogP) is 11.9. The minimum atomic E-state index is -4.27. The van der Waals surface area contributed by atoms with E-state index in [4.69, 9.17) is 24.3 Å². The van der Waals surface area contributed by atoms with Crippen molar-refractivity contribution in [3.8, 4) is 0 Å². The van der Waals surface area contributed by atoms with Gasteiger partial charge >= 0.3 is 13.8 Å². The van der Waals surface area contributed by atoms with Crippen LogP contribution in [0.1, 0.15) is 200 Å². The molecule has 0 aliphatic heterocycles. The number of esters is 1. The third-order valence-corrected chi connectivity index (χ3v) is 9.92. The average Bonchev–Trinajstić information content (AvgIpc) is 3.09. The van der Waals surface area contributed by atoms with E-state index < -0.39 is 13.9 Å². The summed E-state index contributed by atoms with van der Waals surface area (Å²) in [6, 6.07) is 0. The lowest BCUT2D eigenvalue weighted by Crippen LogP contribution is -2.28. The molecule has 0 spiro atoms. The van der Waals surface area contributed by atoms with Gasteiger partial charge in [-0.2, -0.15) is 0 Å². The van der Waals surface area contributed by atoms with E-state index in [2.05, 4.69) is 26.0 Å². The molecule has 0 bridgehead atoms. The molecule has 0 aromatic carbocycles. The van der Waals surface area contributed by atoms with Crippen LogP contribution in [0.2, 0.25) is 0 Å². The fourth-order valence-corrected chi connectivity index (χ4v) is 6.64. The van der Waals surface area contributed by atoms with E-state index in [1.807, 2.05) is 0 Å². The van der Waals surface area contributed by atoms with Gasteiger partial charge in [0.05, 0.1) is 19.8 Å². The van der Waals surface area contributed by atoms with Crippen molar-refractivity contribution in [1.82, 2.24) is 0 Å². The predicted molar refractivity (Wildman–Crippen MR) is 206 cm³/mol. The van der Waals surface area contributed by atoms with Crippen molar-refractivity contribution in [2.75, 3.05) is 33.0 Å². The minimum Gasteiger partial charge on any atom is -0.457 e. The molecule has 0 fully saturated rings. The van der Waals surface area contributed by atoms with E-state index in [-0.39, 0.29) is 32.3 Å². The fraction of sp³-hybridized carbons (Fsp3) is 0.925. The van der Waals surface area contributed by atoms with Crippen LogP contribution in [0, 0.1) is 0 Å². The van der Waals surface area contributed by atoms with Gasteiger partial charge in [-0.15, -0.1) is 0 Å². The molecule has 0 aliphatic rings. The molecule has 0 radical (unpaired) electrons. The summed E-state index contributed by atoms with van der Waals surface area (Å²) >= 11 is 0. The lowest BCUT2D eigenvalue weighted by Gasteiger charge is -2.20. The molecular weight excluding hydrogens is 637 g/mol. The lowest BCUT2D eigenvalue weighted by atomic mass is 10.1. The van der Waals surface area contributed by atoms with Gasteiger partial charge in [-0.05, 0) is 38.5 Å². The smallest absolute Gasteiger partial charge is 0.457 e. The van der Waals surface area contributed by atoms with E-state index in [1.165, 1.54) is 148 Å². The van der Waals surface area contributed by atoms with Gasteiger partial charge in [0.15, 0.2) is 0 Å². The molecule has 0 saturated heterocycles. The Morgan fingerprint density at radius 2 is 1.02 bits per heavy atom. The first kappa shape index (κ1) is 48.2. The second-order valence-electron chi connectivity index (χ2n) is 13.9. The maximum absolute atomic E-state index is 12.5. The Hall–Kier alpha value is -0.760. The third kappa shape index (κ3) is 38.3. The molecule has 0 aromatic rings. The van der Waals surface area contributed by atoms with Crippen LogP contribution >= 0.6 is 7.82 Å². The monoisotopic (exact) mass is 718 g/mol. The standard InChI is InChI=1S/C40H80NO7P/c1-3-5-7-9-11-13-15-16-17-18-19-20-21-22-24-26-28-30-32-35-45-37-39(38-47-49(43,44)46-36-34-41)48-40(42)33-31-29-27-25-23-14-12-10-8-6-4-2/h17-18,39H,3-16,19-38,41H2,1-2H3,(H,43,44)/b18-17-. The molecule has 8 nitrogen and oxygen atoms in total. The zero-order valence-electron chi connectivity index (χ0n) is 32.2. The summed E-state index contributed by atoms with van der Waals surface area (Å²) in [5.74, 6) is -0.330.